The van der Waals surface area contributed by atoms with E-state index in [1.807, 2.05) is 0 Å². The molecule has 0 aliphatic heterocycles. The maximum Gasteiger partial charge on any atom is 0.0503 e. The number of hydrogen-bond donors (Lipinski definition) is 2. The Labute approximate surface area is 82.0 Å². The van der Waals surface area contributed by atoms with E-state index in [4.69, 9.17) is 10.5 Å². The van der Waals surface area contributed by atoms with Crippen LogP contribution in [0.4, 0.5) is 0 Å². The molecule has 0 radical (unpaired) electrons. The van der Waals surface area contributed by atoms with E-state index in [2.05, 4.69) is 26.1 Å². The summed E-state index contributed by atoms with van der Waals surface area (Å²) in [6.07, 6.45) is 1.14. The van der Waals surface area contributed by atoms with Gasteiger partial charge in [0.1, 0.15) is 0 Å². The highest BCUT2D eigenvalue weighted by Crippen LogP contribution is 2.04. The van der Waals surface area contributed by atoms with Crippen LogP contribution in [-0.4, -0.2) is 32.3 Å². The minimum absolute atomic E-state index is 0.370. The summed E-state index contributed by atoms with van der Waals surface area (Å²) in [5.41, 5.74) is 5.69. The molecule has 0 bridgehead atoms. The molecule has 3 atom stereocenters. The summed E-state index contributed by atoms with van der Waals surface area (Å²) in [7, 11) is 1.73. The van der Waals surface area contributed by atoms with Crippen molar-refractivity contribution < 1.29 is 4.74 Å². The van der Waals surface area contributed by atoms with E-state index in [-0.39, 0.29) is 0 Å². The van der Waals surface area contributed by atoms with Gasteiger partial charge in [-0.25, -0.2) is 0 Å². The Balaban J connectivity index is 3.86. The van der Waals surface area contributed by atoms with E-state index in [0.29, 0.717) is 24.5 Å². The van der Waals surface area contributed by atoms with Gasteiger partial charge in [0.2, 0.25) is 0 Å². The predicted octanol–water partition coefficient (Wildman–Crippen LogP) is 0.984. The van der Waals surface area contributed by atoms with Crippen molar-refractivity contribution in [3.8, 4) is 0 Å². The molecule has 0 aliphatic rings. The van der Waals surface area contributed by atoms with E-state index < -0.39 is 0 Å². The van der Waals surface area contributed by atoms with E-state index in [1.165, 1.54) is 0 Å². The Morgan fingerprint density at radius 3 is 2.38 bits per heavy atom. The van der Waals surface area contributed by atoms with Gasteiger partial charge in [0.25, 0.3) is 0 Å². The van der Waals surface area contributed by atoms with Crippen LogP contribution in [-0.2, 0) is 4.74 Å². The average molecular weight is 188 g/mol. The molecule has 0 rings (SSSR count). The van der Waals surface area contributed by atoms with Crippen LogP contribution < -0.4 is 11.1 Å². The summed E-state index contributed by atoms with van der Waals surface area (Å²) >= 11 is 0. The molecule has 3 unspecified atom stereocenters. The zero-order valence-electron chi connectivity index (χ0n) is 9.34. The Bertz CT molecular complexity index is 119. The van der Waals surface area contributed by atoms with Crippen molar-refractivity contribution in [2.75, 3.05) is 20.3 Å². The lowest BCUT2D eigenvalue weighted by molar-refractivity contribution is 0.137. The zero-order valence-corrected chi connectivity index (χ0v) is 9.34. The second kappa shape index (κ2) is 7.30. The molecule has 0 amide bonds. The van der Waals surface area contributed by atoms with Gasteiger partial charge in [0, 0.05) is 25.7 Å². The molecule has 0 fully saturated rings. The normalized spacial score (nSPS) is 18.2. The molecule has 0 aromatic rings. The first-order valence-corrected chi connectivity index (χ1v) is 5.10. The van der Waals surface area contributed by atoms with Crippen molar-refractivity contribution in [2.45, 2.75) is 39.3 Å². The highest BCUT2D eigenvalue weighted by atomic mass is 16.5. The first kappa shape index (κ1) is 12.9. The smallest absolute Gasteiger partial charge is 0.0503 e. The lowest BCUT2D eigenvalue weighted by Gasteiger charge is -2.26. The molecular weight excluding hydrogens is 164 g/mol. The first-order chi connectivity index (χ1) is 6.15. The number of hydrogen-bond acceptors (Lipinski definition) is 3. The van der Waals surface area contributed by atoms with E-state index in [1.54, 1.807) is 7.11 Å². The van der Waals surface area contributed by atoms with E-state index in [9.17, 15) is 0 Å². The third-order valence-electron chi connectivity index (χ3n) is 2.48. The fourth-order valence-electron chi connectivity index (χ4n) is 1.33. The van der Waals surface area contributed by atoms with Crippen LogP contribution in [0.15, 0.2) is 0 Å². The van der Waals surface area contributed by atoms with Crippen LogP contribution >= 0.6 is 0 Å². The summed E-state index contributed by atoms with van der Waals surface area (Å²) in [5, 5.41) is 3.50. The second-order valence-corrected chi connectivity index (χ2v) is 3.75. The van der Waals surface area contributed by atoms with Gasteiger partial charge in [0.05, 0.1) is 6.61 Å². The molecular formula is C10H24N2O. The van der Waals surface area contributed by atoms with Crippen molar-refractivity contribution in [1.82, 2.24) is 5.32 Å². The molecule has 3 nitrogen and oxygen atoms in total. The van der Waals surface area contributed by atoms with Crippen molar-refractivity contribution in [3.05, 3.63) is 0 Å². The molecule has 0 saturated heterocycles. The summed E-state index contributed by atoms with van der Waals surface area (Å²) < 4.78 is 5.11. The minimum Gasteiger partial charge on any atom is -0.384 e. The maximum atomic E-state index is 5.69. The monoisotopic (exact) mass is 188 g/mol. The molecule has 13 heavy (non-hydrogen) atoms. The van der Waals surface area contributed by atoms with Gasteiger partial charge >= 0.3 is 0 Å². The van der Waals surface area contributed by atoms with Crippen LogP contribution in [0.3, 0.4) is 0 Å². The minimum atomic E-state index is 0.370. The summed E-state index contributed by atoms with van der Waals surface area (Å²) in [4.78, 5) is 0. The van der Waals surface area contributed by atoms with Crippen LogP contribution in [0.5, 0.6) is 0 Å². The molecule has 0 aliphatic carbocycles. The first-order valence-electron chi connectivity index (χ1n) is 5.10. The van der Waals surface area contributed by atoms with Gasteiger partial charge in [0.15, 0.2) is 0 Å². The summed E-state index contributed by atoms with van der Waals surface area (Å²) in [5.74, 6) is 0.476. The standard InChI is InChI=1S/C10H24N2O/c1-5-9(3)12-10(6-11)8(2)7-13-4/h8-10,12H,5-7,11H2,1-4H3. The van der Waals surface area contributed by atoms with Gasteiger partial charge in [-0.15, -0.1) is 0 Å². The lowest BCUT2D eigenvalue weighted by Crippen LogP contribution is -2.46. The van der Waals surface area contributed by atoms with Crippen LogP contribution in [0, 0.1) is 5.92 Å². The number of nitrogens with two attached hydrogens (primary N) is 1. The Kier molecular flexibility index (Phi) is 7.23. The van der Waals surface area contributed by atoms with Crippen molar-refractivity contribution >= 4 is 0 Å². The molecule has 0 spiro atoms. The van der Waals surface area contributed by atoms with Gasteiger partial charge < -0.3 is 15.8 Å². The van der Waals surface area contributed by atoms with E-state index >= 15 is 0 Å². The van der Waals surface area contributed by atoms with E-state index in [0.717, 1.165) is 13.0 Å². The maximum absolute atomic E-state index is 5.69. The molecule has 0 saturated carbocycles. The highest BCUT2D eigenvalue weighted by Gasteiger charge is 2.16. The molecule has 3 heteroatoms. The van der Waals surface area contributed by atoms with Gasteiger partial charge in [-0.1, -0.05) is 13.8 Å². The zero-order chi connectivity index (χ0) is 10.3. The van der Waals surface area contributed by atoms with Gasteiger partial charge in [-0.3, -0.25) is 0 Å². The fourth-order valence-corrected chi connectivity index (χ4v) is 1.33. The van der Waals surface area contributed by atoms with Crippen LogP contribution in [0.2, 0.25) is 0 Å². The number of nitrogens with one attached hydrogen (secondary N) is 1. The van der Waals surface area contributed by atoms with Crippen molar-refractivity contribution in [2.24, 2.45) is 11.7 Å². The molecule has 3 N–H and O–H groups in total. The van der Waals surface area contributed by atoms with Gasteiger partial charge in [-0.05, 0) is 19.3 Å². The quantitative estimate of drug-likeness (QED) is 0.626. The molecule has 0 aromatic carbocycles. The number of methoxy groups -OCH3 is 1. The number of ether oxygens (including phenoxy) is 1. The third-order valence-corrected chi connectivity index (χ3v) is 2.48. The average Bonchev–Trinajstić information content (AvgIpc) is 2.14. The Morgan fingerprint density at radius 1 is 1.38 bits per heavy atom. The highest BCUT2D eigenvalue weighted by molar-refractivity contribution is 4.76. The SMILES string of the molecule is CCC(C)NC(CN)C(C)COC. The fraction of sp³-hybridized carbons (Fsp3) is 1.00. The van der Waals surface area contributed by atoms with Crippen LogP contribution in [0.25, 0.3) is 0 Å². The molecule has 80 valence electrons. The van der Waals surface area contributed by atoms with Crippen molar-refractivity contribution in [1.29, 1.82) is 0 Å². The molecule has 0 heterocycles. The topological polar surface area (TPSA) is 47.3 Å². The summed E-state index contributed by atoms with van der Waals surface area (Å²) in [6.45, 7) is 7.96. The van der Waals surface area contributed by atoms with Crippen LogP contribution in [0.1, 0.15) is 27.2 Å². The van der Waals surface area contributed by atoms with Gasteiger partial charge in [-0.2, -0.15) is 0 Å². The summed E-state index contributed by atoms with van der Waals surface area (Å²) in [6, 6.07) is 0.905. The third kappa shape index (κ3) is 5.24. The largest absolute Gasteiger partial charge is 0.384 e. The second-order valence-electron chi connectivity index (χ2n) is 3.75. The Morgan fingerprint density at radius 2 is 2.00 bits per heavy atom. The Hall–Kier alpha value is -0.120. The lowest BCUT2D eigenvalue weighted by atomic mass is 10.0. The number of rotatable bonds is 7. The molecule has 0 aromatic heterocycles. The predicted molar refractivity (Wildman–Crippen MR) is 56.8 cm³/mol. The van der Waals surface area contributed by atoms with Crippen molar-refractivity contribution in [3.63, 3.8) is 0 Å².